The Morgan fingerprint density at radius 1 is 1.38 bits per heavy atom. The lowest BCUT2D eigenvalue weighted by Gasteiger charge is -2.10. The van der Waals surface area contributed by atoms with E-state index in [0.29, 0.717) is 17.8 Å². The Kier molecular flexibility index (Phi) is 3.25. The number of nitrogens with zero attached hydrogens (tertiary/aromatic N) is 2. The van der Waals surface area contributed by atoms with Gasteiger partial charge in [0, 0.05) is 6.54 Å². The predicted molar refractivity (Wildman–Crippen MR) is 65.9 cm³/mol. The molecule has 16 heavy (non-hydrogen) atoms. The van der Waals surface area contributed by atoms with Gasteiger partial charge in [0.1, 0.15) is 5.82 Å². The third kappa shape index (κ3) is 1.83. The minimum Gasteiger partial charge on any atom is -0.295 e. The zero-order chi connectivity index (χ0) is 11.5. The number of hydrogen-bond donors (Lipinski definition) is 0. The Hall–Kier alpha value is -1.35. The van der Waals surface area contributed by atoms with Crippen LogP contribution in [0.4, 0.5) is 0 Å². The van der Waals surface area contributed by atoms with Crippen molar-refractivity contribution < 1.29 is 0 Å². The summed E-state index contributed by atoms with van der Waals surface area (Å²) in [5.41, 5.74) is 0.721. The van der Waals surface area contributed by atoms with E-state index < -0.39 is 0 Å². The van der Waals surface area contributed by atoms with Crippen molar-refractivity contribution in [1.29, 1.82) is 0 Å². The third-order valence-corrected chi connectivity index (χ3v) is 2.75. The van der Waals surface area contributed by atoms with E-state index in [2.05, 4.69) is 4.98 Å². The predicted octanol–water partition coefficient (Wildman–Crippen LogP) is 2.55. The van der Waals surface area contributed by atoms with E-state index in [9.17, 15) is 4.79 Å². The smallest absolute Gasteiger partial charge is 0.261 e. The van der Waals surface area contributed by atoms with E-state index in [1.807, 2.05) is 25.1 Å². The van der Waals surface area contributed by atoms with Crippen LogP contribution >= 0.6 is 11.6 Å². The SMILES string of the molecule is CCCn1c(CCl)nc2ccccc2c1=O. The van der Waals surface area contributed by atoms with Crippen molar-refractivity contribution in [2.75, 3.05) is 0 Å². The third-order valence-electron chi connectivity index (χ3n) is 2.51. The average Bonchev–Trinajstić information content (AvgIpc) is 2.33. The molecule has 1 heterocycles. The van der Waals surface area contributed by atoms with Gasteiger partial charge in [0.25, 0.3) is 5.56 Å². The first kappa shape index (κ1) is 11.1. The number of halogens is 1. The van der Waals surface area contributed by atoms with Crippen LogP contribution in [-0.2, 0) is 12.4 Å². The minimum atomic E-state index is 0.00287. The molecular weight excluding hydrogens is 224 g/mol. The molecule has 0 radical (unpaired) electrons. The highest BCUT2D eigenvalue weighted by molar-refractivity contribution is 6.16. The number of para-hydroxylation sites is 1. The van der Waals surface area contributed by atoms with Crippen molar-refractivity contribution in [2.45, 2.75) is 25.8 Å². The van der Waals surface area contributed by atoms with Crippen molar-refractivity contribution in [1.82, 2.24) is 9.55 Å². The van der Waals surface area contributed by atoms with Crippen LogP contribution in [-0.4, -0.2) is 9.55 Å². The molecule has 4 heteroatoms. The molecule has 1 aromatic heterocycles. The standard InChI is InChI=1S/C12H13ClN2O/c1-2-7-15-11(8-13)14-10-6-4-3-5-9(10)12(15)16/h3-6H,2,7-8H2,1H3. The zero-order valence-electron chi connectivity index (χ0n) is 9.11. The van der Waals surface area contributed by atoms with Crippen molar-refractivity contribution >= 4 is 22.5 Å². The average molecular weight is 237 g/mol. The summed E-state index contributed by atoms with van der Waals surface area (Å²) in [4.78, 5) is 16.6. The van der Waals surface area contributed by atoms with Gasteiger partial charge in [0.2, 0.25) is 0 Å². The summed E-state index contributed by atoms with van der Waals surface area (Å²) in [6.45, 7) is 2.69. The van der Waals surface area contributed by atoms with E-state index >= 15 is 0 Å². The van der Waals surface area contributed by atoms with Gasteiger partial charge in [-0.3, -0.25) is 9.36 Å². The van der Waals surface area contributed by atoms with Gasteiger partial charge < -0.3 is 0 Å². The van der Waals surface area contributed by atoms with Gasteiger partial charge >= 0.3 is 0 Å². The fourth-order valence-electron chi connectivity index (χ4n) is 1.77. The molecule has 0 saturated carbocycles. The molecule has 0 amide bonds. The lowest BCUT2D eigenvalue weighted by molar-refractivity contribution is 0.621. The second-order valence-corrected chi connectivity index (χ2v) is 3.90. The fraction of sp³-hybridized carbons (Fsp3) is 0.333. The molecule has 1 aromatic carbocycles. The maximum atomic E-state index is 12.2. The van der Waals surface area contributed by atoms with Gasteiger partial charge in [0.05, 0.1) is 16.8 Å². The van der Waals surface area contributed by atoms with Gasteiger partial charge in [-0.05, 0) is 18.6 Å². The lowest BCUT2D eigenvalue weighted by Crippen LogP contribution is -2.24. The van der Waals surface area contributed by atoms with Gasteiger partial charge in [-0.25, -0.2) is 4.98 Å². The molecule has 0 aliphatic heterocycles. The first-order chi connectivity index (χ1) is 7.77. The van der Waals surface area contributed by atoms with E-state index in [-0.39, 0.29) is 11.4 Å². The molecule has 0 bridgehead atoms. The van der Waals surface area contributed by atoms with Crippen molar-refractivity contribution in [3.8, 4) is 0 Å². The summed E-state index contributed by atoms with van der Waals surface area (Å²) >= 11 is 5.82. The van der Waals surface area contributed by atoms with Crippen LogP contribution in [0.15, 0.2) is 29.1 Å². The first-order valence-corrected chi connectivity index (χ1v) is 5.85. The van der Waals surface area contributed by atoms with Crippen LogP contribution in [0.1, 0.15) is 19.2 Å². The summed E-state index contributed by atoms with van der Waals surface area (Å²) in [5, 5.41) is 0.657. The van der Waals surface area contributed by atoms with E-state index in [1.54, 1.807) is 10.6 Å². The van der Waals surface area contributed by atoms with Crippen LogP contribution in [0.2, 0.25) is 0 Å². The Morgan fingerprint density at radius 2 is 2.12 bits per heavy atom. The van der Waals surface area contributed by atoms with E-state index in [1.165, 1.54) is 0 Å². The Bertz CT molecular complexity index is 562. The molecular formula is C12H13ClN2O. The first-order valence-electron chi connectivity index (χ1n) is 5.32. The number of rotatable bonds is 3. The molecule has 0 aliphatic carbocycles. The number of alkyl halides is 1. The molecule has 84 valence electrons. The number of hydrogen-bond acceptors (Lipinski definition) is 2. The highest BCUT2D eigenvalue weighted by atomic mass is 35.5. The van der Waals surface area contributed by atoms with Crippen LogP contribution in [0.5, 0.6) is 0 Å². The topological polar surface area (TPSA) is 34.9 Å². The normalized spacial score (nSPS) is 10.9. The summed E-state index contributed by atoms with van der Waals surface area (Å²) in [7, 11) is 0. The maximum absolute atomic E-state index is 12.2. The van der Waals surface area contributed by atoms with Crippen LogP contribution < -0.4 is 5.56 Å². The molecule has 2 rings (SSSR count). The zero-order valence-corrected chi connectivity index (χ0v) is 9.87. The monoisotopic (exact) mass is 236 g/mol. The molecule has 2 aromatic rings. The number of fused-ring (bicyclic) bond motifs is 1. The van der Waals surface area contributed by atoms with Gasteiger partial charge in [-0.1, -0.05) is 19.1 Å². The highest BCUT2D eigenvalue weighted by Crippen LogP contribution is 2.09. The van der Waals surface area contributed by atoms with Gasteiger partial charge in [0.15, 0.2) is 0 Å². The molecule has 3 nitrogen and oxygen atoms in total. The lowest BCUT2D eigenvalue weighted by atomic mass is 10.2. The summed E-state index contributed by atoms with van der Waals surface area (Å²) < 4.78 is 1.66. The van der Waals surface area contributed by atoms with Gasteiger partial charge in [-0.2, -0.15) is 0 Å². The minimum absolute atomic E-state index is 0.00287. The molecule has 0 saturated heterocycles. The molecule has 0 aliphatic rings. The van der Waals surface area contributed by atoms with Crippen LogP contribution in [0, 0.1) is 0 Å². The Balaban J connectivity index is 2.77. The van der Waals surface area contributed by atoms with Crippen molar-refractivity contribution in [2.24, 2.45) is 0 Å². The molecule has 0 spiro atoms. The van der Waals surface area contributed by atoms with E-state index in [4.69, 9.17) is 11.6 Å². The fourth-order valence-corrected chi connectivity index (χ4v) is 1.97. The van der Waals surface area contributed by atoms with E-state index in [0.717, 1.165) is 11.9 Å². The second-order valence-electron chi connectivity index (χ2n) is 3.64. The quantitative estimate of drug-likeness (QED) is 0.768. The van der Waals surface area contributed by atoms with Crippen molar-refractivity contribution in [3.05, 3.63) is 40.4 Å². The summed E-state index contributed by atoms with van der Waals surface area (Å²) in [6.07, 6.45) is 0.893. The molecule has 0 N–H and O–H groups in total. The number of aromatic nitrogens is 2. The van der Waals surface area contributed by atoms with Crippen LogP contribution in [0.3, 0.4) is 0 Å². The summed E-state index contributed by atoms with van der Waals surface area (Å²) in [5.74, 6) is 0.910. The Labute approximate surface area is 98.7 Å². The largest absolute Gasteiger partial charge is 0.295 e. The molecule has 0 fully saturated rings. The molecule has 0 unspecified atom stereocenters. The second kappa shape index (κ2) is 4.66. The molecule has 0 atom stereocenters. The highest BCUT2D eigenvalue weighted by Gasteiger charge is 2.08. The van der Waals surface area contributed by atoms with Crippen LogP contribution in [0.25, 0.3) is 10.9 Å². The maximum Gasteiger partial charge on any atom is 0.261 e. The van der Waals surface area contributed by atoms with Crippen molar-refractivity contribution in [3.63, 3.8) is 0 Å². The summed E-state index contributed by atoms with van der Waals surface area (Å²) in [6, 6.07) is 7.36. The Morgan fingerprint density at radius 3 is 2.81 bits per heavy atom. The number of benzene rings is 1. The van der Waals surface area contributed by atoms with Gasteiger partial charge in [-0.15, -0.1) is 11.6 Å².